The van der Waals surface area contributed by atoms with Gasteiger partial charge in [-0.15, -0.1) is 0 Å². The molecule has 5 nitrogen and oxygen atoms in total. The van der Waals surface area contributed by atoms with Gasteiger partial charge >= 0.3 is 0 Å². The van der Waals surface area contributed by atoms with Crippen LogP contribution in [0.25, 0.3) is 0 Å². The summed E-state index contributed by atoms with van der Waals surface area (Å²) >= 11 is 0. The Hall–Kier alpha value is -2.50. The Morgan fingerprint density at radius 2 is 1.94 bits per heavy atom. The molecule has 1 aromatic rings. The molecule has 0 aliphatic heterocycles. The maximum Gasteiger partial charge on any atom is 0.156 e. The zero-order chi connectivity index (χ0) is 23.2. The molecule has 33 heavy (non-hydrogen) atoms. The Morgan fingerprint density at radius 1 is 1.15 bits per heavy atom. The molecule has 4 aliphatic carbocycles. The van der Waals surface area contributed by atoms with E-state index >= 15 is 0 Å². The molecular weight excluding hydrogens is 414 g/mol. The van der Waals surface area contributed by atoms with Crippen molar-refractivity contribution in [3.05, 3.63) is 70.3 Å². The van der Waals surface area contributed by atoms with Gasteiger partial charge in [-0.05, 0) is 78.7 Å². The van der Waals surface area contributed by atoms with E-state index in [-0.39, 0.29) is 23.7 Å². The molecule has 5 heteroatoms. The summed E-state index contributed by atoms with van der Waals surface area (Å²) in [6.45, 7) is 2.17. The van der Waals surface area contributed by atoms with Crippen LogP contribution >= 0.6 is 0 Å². The van der Waals surface area contributed by atoms with Gasteiger partial charge in [0.1, 0.15) is 0 Å². The molecule has 0 bridgehead atoms. The third-order valence-corrected chi connectivity index (χ3v) is 8.99. The van der Waals surface area contributed by atoms with Crippen LogP contribution in [0.5, 0.6) is 0 Å². The Kier molecular flexibility index (Phi) is 5.66. The summed E-state index contributed by atoms with van der Waals surface area (Å²) in [7, 11) is 0. The Balaban J connectivity index is 1.65. The number of allylic oxidation sites excluding steroid dienone is 4. The van der Waals surface area contributed by atoms with Gasteiger partial charge < -0.3 is 15.4 Å². The highest BCUT2D eigenvalue weighted by molar-refractivity contribution is 5.93. The molecule has 5 atom stereocenters. The molecule has 0 spiro atoms. The van der Waals surface area contributed by atoms with Crippen LogP contribution in [0.1, 0.15) is 68.9 Å². The summed E-state index contributed by atoms with van der Waals surface area (Å²) in [5.74, 6) is 1.17. The quantitative estimate of drug-likeness (QED) is 0.271. The van der Waals surface area contributed by atoms with Crippen molar-refractivity contribution in [1.82, 2.24) is 0 Å². The van der Waals surface area contributed by atoms with E-state index in [0.29, 0.717) is 24.7 Å². The first-order chi connectivity index (χ1) is 15.9. The van der Waals surface area contributed by atoms with E-state index in [1.807, 2.05) is 24.3 Å². The van der Waals surface area contributed by atoms with Gasteiger partial charge in [0.25, 0.3) is 0 Å². The third-order valence-electron chi connectivity index (χ3n) is 8.99. The van der Waals surface area contributed by atoms with E-state index in [1.165, 1.54) is 28.5 Å². The molecule has 1 aromatic carbocycles. The fourth-order valence-electron chi connectivity index (χ4n) is 7.40. The largest absolute Gasteiger partial charge is 0.411 e. The second-order valence-corrected chi connectivity index (χ2v) is 10.5. The van der Waals surface area contributed by atoms with Crippen molar-refractivity contribution in [3.8, 4) is 0 Å². The van der Waals surface area contributed by atoms with Crippen molar-refractivity contribution in [2.45, 2.75) is 63.4 Å². The minimum atomic E-state index is -0.934. The molecule has 0 saturated heterocycles. The number of aliphatic hydroxyl groups is 2. The van der Waals surface area contributed by atoms with E-state index in [4.69, 9.17) is 5.21 Å². The molecular formula is C28H33NO4. The number of benzene rings is 1. The second-order valence-electron chi connectivity index (χ2n) is 10.5. The van der Waals surface area contributed by atoms with E-state index < -0.39 is 5.60 Å². The van der Waals surface area contributed by atoms with Gasteiger partial charge in [0.15, 0.2) is 5.78 Å². The first-order valence-electron chi connectivity index (χ1n) is 12.2. The van der Waals surface area contributed by atoms with Crippen molar-refractivity contribution in [1.29, 1.82) is 0 Å². The molecule has 174 valence electrons. The number of hydrogen-bond donors (Lipinski definition) is 3. The summed E-state index contributed by atoms with van der Waals surface area (Å²) in [4.78, 5) is 12.2. The number of rotatable bonds is 4. The molecule has 2 saturated carbocycles. The van der Waals surface area contributed by atoms with Gasteiger partial charge in [-0.25, -0.2) is 0 Å². The van der Waals surface area contributed by atoms with Crippen LogP contribution in [0.3, 0.4) is 0 Å². The summed E-state index contributed by atoms with van der Waals surface area (Å²) in [5.41, 5.74) is 4.92. The molecule has 0 heterocycles. The predicted molar refractivity (Wildman–Crippen MR) is 127 cm³/mol. The summed E-state index contributed by atoms with van der Waals surface area (Å²) < 4.78 is 0. The first-order valence-corrected chi connectivity index (χ1v) is 12.2. The maximum absolute atomic E-state index is 12.2. The molecule has 0 aromatic heterocycles. The number of carbonyl (C=O) groups is 1. The summed E-state index contributed by atoms with van der Waals surface area (Å²) in [6, 6.07) is 8.17. The topological polar surface area (TPSA) is 90.1 Å². The van der Waals surface area contributed by atoms with Crippen LogP contribution in [0.2, 0.25) is 0 Å². The van der Waals surface area contributed by atoms with Gasteiger partial charge in [-0.1, -0.05) is 54.1 Å². The fourth-order valence-corrected chi connectivity index (χ4v) is 7.40. The minimum absolute atomic E-state index is 0.0682. The lowest BCUT2D eigenvalue weighted by Gasteiger charge is -2.54. The zero-order valence-corrected chi connectivity index (χ0v) is 19.2. The molecule has 3 N–H and O–H groups in total. The number of ketones is 1. The number of aliphatic hydroxyl groups excluding tert-OH is 1. The average Bonchev–Trinajstić information content (AvgIpc) is 3.08. The van der Waals surface area contributed by atoms with Crippen molar-refractivity contribution in [2.75, 3.05) is 6.61 Å². The average molecular weight is 448 g/mol. The van der Waals surface area contributed by atoms with Gasteiger partial charge in [0.05, 0.1) is 18.4 Å². The molecule has 4 aliphatic rings. The summed E-state index contributed by atoms with van der Waals surface area (Å²) in [6.07, 6.45) is 12.7. The first kappa shape index (κ1) is 22.3. The van der Waals surface area contributed by atoms with Crippen molar-refractivity contribution in [3.63, 3.8) is 0 Å². The van der Waals surface area contributed by atoms with E-state index in [0.717, 1.165) is 37.7 Å². The van der Waals surface area contributed by atoms with Gasteiger partial charge in [0, 0.05) is 17.8 Å². The smallest absolute Gasteiger partial charge is 0.156 e. The van der Waals surface area contributed by atoms with Crippen molar-refractivity contribution < 1.29 is 20.2 Å². The fraction of sp³-hybridized carbons (Fsp3) is 0.500. The number of nitrogens with zero attached hydrogens (tertiary/aromatic N) is 1. The van der Waals surface area contributed by atoms with Crippen molar-refractivity contribution >= 4 is 12.0 Å². The minimum Gasteiger partial charge on any atom is -0.411 e. The van der Waals surface area contributed by atoms with Gasteiger partial charge in [0.2, 0.25) is 0 Å². The van der Waals surface area contributed by atoms with Crippen LogP contribution in [0, 0.1) is 17.3 Å². The van der Waals surface area contributed by atoms with Crippen LogP contribution in [-0.2, 0) is 4.79 Å². The molecule has 2 fully saturated rings. The Labute approximate surface area is 195 Å². The monoisotopic (exact) mass is 447 g/mol. The number of fused-ring (bicyclic) bond motifs is 4. The number of oxime groups is 1. The highest BCUT2D eigenvalue weighted by Gasteiger charge is 2.61. The lowest BCUT2D eigenvalue weighted by Crippen LogP contribution is -2.50. The van der Waals surface area contributed by atoms with Crippen molar-refractivity contribution in [2.24, 2.45) is 22.4 Å². The van der Waals surface area contributed by atoms with E-state index in [9.17, 15) is 15.0 Å². The highest BCUT2D eigenvalue weighted by atomic mass is 16.4. The Bertz CT molecular complexity index is 1070. The van der Waals surface area contributed by atoms with Crippen LogP contribution in [0.4, 0.5) is 0 Å². The number of hydrogen-bond acceptors (Lipinski definition) is 5. The van der Waals surface area contributed by atoms with Gasteiger partial charge in [-0.3, -0.25) is 4.79 Å². The highest BCUT2D eigenvalue weighted by Crippen LogP contribution is 2.67. The lowest BCUT2D eigenvalue weighted by molar-refractivity contribution is -0.114. The SMILES string of the molecule is C[C@]12C[C@H](c3ccc(C=NO)cc3)C3=C4CCC(=O)C=C4CC[C@H]3[C@@H]1CC[C@@]2(O)/C=C\CO. The summed E-state index contributed by atoms with van der Waals surface area (Å²) in [5, 5.41) is 33.2. The van der Waals surface area contributed by atoms with Crippen LogP contribution < -0.4 is 0 Å². The Morgan fingerprint density at radius 3 is 2.67 bits per heavy atom. The second kappa shape index (κ2) is 8.37. The maximum atomic E-state index is 12.2. The predicted octanol–water partition coefficient (Wildman–Crippen LogP) is 4.67. The number of carbonyl (C=O) groups excluding carboxylic acids is 1. The molecule has 5 rings (SSSR count). The molecule has 0 unspecified atom stereocenters. The van der Waals surface area contributed by atoms with Gasteiger partial charge in [-0.2, -0.15) is 0 Å². The normalized spacial score (nSPS) is 36.2. The third kappa shape index (κ3) is 3.53. The molecule has 0 radical (unpaired) electrons. The molecule has 0 amide bonds. The van der Waals surface area contributed by atoms with Crippen LogP contribution in [0.15, 0.2) is 64.4 Å². The van der Waals surface area contributed by atoms with E-state index in [1.54, 1.807) is 6.08 Å². The zero-order valence-electron chi connectivity index (χ0n) is 19.2. The standard InChI is InChI=1S/C28H33NO4/c1-27-16-24(19-5-3-18(4-6-19)17-29-33)26-22-10-8-21(31)15-20(22)7-9-23(26)25(27)11-13-28(27,32)12-2-14-30/h2-6,12,15,17,23-25,30,32-33H,7-11,13-14,16H2,1H3/b12-2-,29-17?/t23-,24+,25-,27-,28-/m0/s1. The van der Waals surface area contributed by atoms with E-state index in [2.05, 4.69) is 24.2 Å². The lowest BCUT2D eigenvalue weighted by atomic mass is 9.51. The van der Waals surface area contributed by atoms with Crippen LogP contribution in [-0.4, -0.2) is 39.6 Å².